The van der Waals surface area contributed by atoms with Crippen molar-refractivity contribution >= 4 is 5.91 Å². The largest absolute Gasteiger partial charge is 0.351 e. The van der Waals surface area contributed by atoms with Gasteiger partial charge in [0.15, 0.2) is 0 Å². The van der Waals surface area contributed by atoms with Crippen LogP contribution in [0.4, 0.5) is 0 Å². The fraction of sp³-hybridized carbons (Fsp3) is 0.571. The summed E-state index contributed by atoms with van der Waals surface area (Å²) in [6.07, 6.45) is 5.61. The number of nitrogens with zero attached hydrogens (tertiary/aromatic N) is 1. The SMILES string of the molecule is Cc1ccncc1CNC(=O)C1(C)CCCNC1. The summed E-state index contributed by atoms with van der Waals surface area (Å²) in [6.45, 7) is 6.42. The van der Waals surface area contributed by atoms with Crippen LogP contribution in [0, 0.1) is 12.3 Å². The molecule has 0 saturated carbocycles. The van der Waals surface area contributed by atoms with Crippen LogP contribution < -0.4 is 10.6 Å². The first-order valence-electron chi connectivity index (χ1n) is 6.50. The van der Waals surface area contributed by atoms with Gasteiger partial charge in [0.2, 0.25) is 5.91 Å². The highest BCUT2D eigenvalue weighted by molar-refractivity contribution is 5.82. The number of rotatable bonds is 3. The molecule has 1 aliphatic heterocycles. The third-order valence-electron chi connectivity index (χ3n) is 3.73. The van der Waals surface area contributed by atoms with E-state index in [0.717, 1.165) is 37.1 Å². The molecule has 0 spiro atoms. The molecule has 0 aromatic carbocycles. The molecule has 1 unspecified atom stereocenters. The lowest BCUT2D eigenvalue weighted by atomic mass is 9.82. The van der Waals surface area contributed by atoms with Gasteiger partial charge in [-0.3, -0.25) is 9.78 Å². The first-order chi connectivity index (χ1) is 8.62. The summed E-state index contributed by atoms with van der Waals surface area (Å²) in [6, 6.07) is 1.96. The maximum atomic E-state index is 12.2. The minimum absolute atomic E-state index is 0.137. The Labute approximate surface area is 108 Å². The standard InChI is InChI=1S/C14H21N3O/c1-11-4-7-15-8-12(11)9-17-13(18)14(2)5-3-6-16-10-14/h4,7-8,16H,3,5-6,9-10H2,1-2H3,(H,17,18). The van der Waals surface area contributed by atoms with E-state index < -0.39 is 0 Å². The minimum atomic E-state index is -0.269. The van der Waals surface area contributed by atoms with Gasteiger partial charge >= 0.3 is 0 Å². The third-order valence-corrected chi connectivity index (χ3v) is 3.73. The van der Waals surface area contributed by atoms with Crippen molar-refractivity contribution in [3.63, 3.8) is 0 Å². The number of aromatic nitrogens is 1. The molecule has 0 aliphatic carbocycles. The van der Waals surface area contributed by atoms with Gasteiger partial charge in [0.25, 0.3) is 0 Å². The molecule has 0 bridgehead atoms. The second-order valence-corrected chi connectivity index (χ2v) is 5.33. The molecule has 1 aromatic heterocycles. The quantitative estimate of drug-likeness (QED) is 0.849. The Morgan fingerprint density at radius 1 is 1.61 bits per heavy atom. The molecule has 0 radical (unpaired) electrons. The zero-order chi connectivity index (χ0) is 13.0. The predicted molar refractivity (Wildman–Crippen MR) is 71.0 cm³/mol. The Morgan fingerprint density at radius 3 is 3.11 bits per heavy atom. The summed E-state index contributed by atoms with van der Waals surface area (Å²) >= 11 is 0. The molecule has 2 N–H and O–H groups in total. The number of carbonyl (C=O) groups excluding carboxylic acids is 1. The number of aryl methyl sites for hydroxylation is 1. The average Bonchev–Trinajstić information content (AvgIpc) is 2.38. The molecule has 4 nitrogen and oxygen atoms in total. The Hall–Kier alpha value is -1.42. The van der Waals surface area contributed by atoms with Crippen molar-refractivity contribution in [2.45, 2.75) is 33.2 Å². The van der Waals surface area contributed by atoms with Crippen molar-refractivity contribution in [2.24, 2.45) is 5.41 Å². The van der Waals surface area contributed by atoms with Crippen LogP contribution in [-0.4, -0.2) is 24.0 Å². The van der Waals surface area contributed by atoms with Crippen LogP contribution in [0.3, 0.4) is 0 Å². The van der Waals surface area contributed by atoms with E-state index in [4.69, 9.17) is 0 Å². The lowest BCUT2D eigenvalue weighted by Gasteiger charge is -2.32. The van der Waals surface area contributed by atoms with Crippen molar-refractivity contribution in [1.29, 1.82) is 0 Å². The van der Waals surface area contributed by atoms with E-state index in [1.807, 2.05) is 26.1 Å². The van der Waals surface area contributed by atoms with Gasteiger partial charge in [-0.15, -0.1) is 0 Å². The Balaban J connectivity index is 1.94. The van der Waals surface area contributed by atoms with Crippen LogP contribution >= 0.6 is 0 Å². The molecule has 1 fully saturated rings. The molecule has 4 heteroatoms. The van der Waals surface area contributed by atoms with Crippen molar-refractivity contribution in [3.05, 3.63) is 29.6 Å². The zero-order valence-electron chi connectivity index (χ0n) is 11.1. The lowest BCUT2D eigenvalue weighted by molar-refractivity contribution is -0.131. The second-order valence-electron chi connectivity index (χ2n) is 5.33. The number of carbonyl (C=O) groups is 1. The molecule has 1 saturated heterocycles. The third kappa shape index (κ3) is 2.88. The molecule has 2 heterocycles. The summed E-state index contributed by atoms with van der Waals surface area (Å²) in [4.78, 5) is 16.3. The maximum absolute atomic E-state index is 12.2. The molecule has 98 valence electrons. The van der Waals surface area contributed by atoms with Crippen molar-refractivity contribution in [1.82, 2.24) is 15.6 Å². The van der Waals surface area contributed by atoms with Crippen LogP contribution in [-0.2, 0) is 11.3 Å². The van der Waals surface area contributed by atoms with Gasteiger partial charge in [0, 0.05) is 25.5 Å². The minimum Gasteiger partial charge on any atom is -0.351 e. The van der Waals surface area contributed by atoms with Crippen LogP contribution in [0.15, 0.2) is 18.5 Å². The lowest BCUT2D eigenvalue weighted by Crippen LogP contribution is -2.48. The highest BCUT2D eigenvalue weighted by Gasteiger charge is 2.34. The smallest absolute Gasteiger partial charge is 0.227 e. The van der Waals surface area contributed by atoms with Crippen LogP contribution in [0.1, 0.15) is 30.9 Å². The van der Waals surface area contributed by atoms with E-state index in [0.29, 0.717) is 6.54 Å². The average molecular weight is 247 g/mol. The molecule has 1 aromatic rings. The van der Waals surface area contributed by atoms with Gasteiger partial charge in [-0.25, -0.2) is 0 Å². The van der Waals surface area contributed by atoms with Crippen LogP contribution in [0.25, 0.3) is 0 Å². The molecule has 1 amide bonds. The molecule has 2 rings (SSSR count). The van der Waals surface area contributed by atoms with Crippen LogP contribution in [0.5, 0.6) is 0 Å². The first-order valence-corrected chi connectivity index (χ1v) is 6.50. The topological polar surface area (TPSA) is 54.0 Å². The summed E-state index contributed by atoms with van der Waals surface area (Å²) in [7, 11) is 0. The van der Waals surface area contributed by atoms with Crippen molar-refractivity contribution in [3.8, 4) is 0 Å². The van der Waals surface area contributed by atoms with Gasteiger partial charge in [-0.2, -0.15) is 0 Å². The fourth-order valence-corrected chi connectivity index (χ4v) is 2.32. The zero-order valence-corrected chi connectivity index (χ0v) is 11.1. The normalized spacial score (nSPS) is 23.7. The fourth-order valence-electron chi connectivity index (χ4n) is 2.32. The molecule has 18 heavy (non-hydrogen) atoms. The van der Waals surface area contributed by atoms with Gasteiger partial charge < -0.3 is 10.6 Å². The van der Waals surface area contributed by atoms with E-state index in [9.17, 15) is 4.79 Å². The molecule has 1 aliphatic rings. The molecular formula is C14H21N3O. The van der Waals surface area contributed by atoms with E-state index in [1.54, 1.807) is 6.20 Å². The predicted octanol–water partition coefficient (Wildman–Crippen LogP) is 1.40. The van der Waals surface area contributed by atoms with Gasteiger partial charge in [-0.05, 0) is 50.4 Å². The van der Waals surface area contributed by atoms with Gasteiger partial charge in [-0.1, -0.05) is 0 Å². The van der Waals surface area contributed by atoms with Gasteiger partial charge in [0.05, 0.1) is 5.41 Å². The number of nitrogens with one attached hydrogen (secondary N) is 2. The van der Waals surface area contributed by atoms with E-state index >= 15 is 0 Å². The summed E-state index contributed by atoms with van der Waals surface area (Å²) < 4.78 is 0. The summed E-state index contributed by atoms with van der Waals surface area (Å²) in [5.41, 5.74) is 1.98. The van der Waals surface area contributed by atoms with Crippen LogP contribution in [0.2, 0.25) is 0 Å². The van der Waals surface area contributed by atoms with Gasteiger partial charge in [0.1, 0.15) is 0 Å². The maximum Gasteiger partial charge on any atom is 0.227 e. The highest BCUT2D eigenvalue weighted by atomic mass is 16.2. The number of hydrogen-bond acceptors (Lipinski definition) is 3. The van der Waals surface area contributed by atoms with E-state index in [1.165, 1.54) is 0 Å². The molecule has 1 atom stereocenters. The summed E-state index contributed by atoms with van der Waals surface area (Å²) in [5, 5.41) is 6.32. The van der Waals surface area contributed by atoms with E-state index in [-0.39, 0.29) is 11.3 Å². The Morgan fingerprint density at radius 2 is 2.44 bits per heavy atom. The number of piperidine rings is 1. The van der Waals surface area contributed by atoms with E-state index in [2.05, 4.69) is 15.6 Å². The molecular weight excluding hydrogens is 226 g/mol. The number of hydrogen-bond donors (Lipinski definition) is 2. The highest BCUT2D eigenvalue weighted by Crippen LogP contribution is 2.25. The Kier molecular flexibility index (Phi) is 3.97. The summed E-state index contributed by atoms with van der Waals surface area (Å²) in [5.74, 6) is 0.137. The second kappa shape index (κ2) is 5.48. The first kappa shape index (κ1) is 13.0. The number of amides is 1. The van der Waals surface area contributed by atoms with Crippen molar-refractivity contribution < 1.29 is 4.79 Å². The Bertz CT molecular complexity index is 425. The van der Waals surface area contributed by atoms with Crippen molar-refractivity contribution in [2.75, 3.05) is 13.1 Å². The monoisotopic (exact) mass is 247 g/mol. The number of pyridine rings is 1.